The molecule has 0 aliphatic heterocycles. The van der Waals surface area contributed by atoms with Crippen LogP contribution in [0.5, 0.6) is 0 Å². The van der Waals surface area contributed by atoms with Gasteiger partial charge in [-0.3, -0.25) is 0 Å². The van der Waals surface area contributed by atoms with Gasteiger partial charge in [0.15, 0.2) is 0 Å². The third-order valence-corrected chi connectivity index (χ3v) is 8.18. The van der Waals surface area contributed by atoms with Crippen molar-refractivity contribution in [2.24, 2.45) is 28.1 Å². The van der Waals surface area contributed by atoms with Crippen LogP contribution in [-0.2, 0) is 0 Å². The minimum absolute atomic E-state index is 0.0869. The lowest BCUT2D eigenvalue weighted by molar-refractivity contribution is -0.336. The smallest absolute Gasteiger partial charge is 0.0653 e. The van der Waals surface area contributed by atoms with Crippen molar-refractivity contribution in [1.29, 1.82) is 0 Å². The van der Waals surface area contributed by atoms with Crippen LogP contribution >= 0.6 is 0 Å². The molecule has 3 fully saturated rings. The van der Waals surface area contributed by atoms with Crippen LogP contribution in [0.4, 0.5) is 0 Å². The van der Waals surface area contributed by atoms with Crippen molar-refractivity contribution in [3.8, 4) is 0 Å². The fourth-order valence-electron chi connectivity index (χ4n) is 7.61. The first kappa shape index (κ1) is 17.7. The maximum absolute atomic E-state index is 10.9. The molecule has 0 heterocycles. The molecule has 3 aliphatic carbocycles. The van der Waals surface area contributed by atoms with Gasteiger partial charge in [-0.05, 0) is 79.4 Å². The molecule has 0 saturated heterocycles. The lowest BCUT2D eigenvalue weighted by atomic mass is 9.28. The first-order valence-electron chi connectivity index (χ1n) is 9.70. The van der Waals surface area contributed by atoms with Gasteiger partial charge in [-0.1, -0.05) is 27.7 Å². The summed E-state index contributed by atoms with van der Waals surface area (Å²) >= 11 is 0. The van der Waals surface area contributed by atoms with Crippen LogP contribution in [0.2, 0.25) is 0 Å². The van der Waals surface area contributed by atoms with Crippen LogP contribution in [0.1, 0.15) is 79.1 Å². The fraction of sp³-hybridized carbons (Fsp3) is 1.00. The molecule has 3 nitrogen and oxygen atoms in total. The van der Waals surface area contributed by atoms with E-state index in [0.717, 1.165) is 51.4 Å². The molecule has 0 amide bonds. The lowest BCUT2D eigenvalue weighted by Crippen LogP contribution is -2.77. The Morgan fingerprint density at radius 2 is 0.870 bits per heavy atom. The van der Waals surface area contributed by atoms with Crippen LogP contribution in [0.15, 0.2) is 0 Å². The topological polar surface area (TPSA) is 60.7 Å². The molecule has 3 heteroatoms. The van der Waals surface area contributed by atoms with Gasteiger partial charge in [-0.2, -0.15) is 0 Å². The Morgan fingerprint density at radius 3 is 1.17 bits per heavy atom. The largest absolute Gasteiger partial charge is 0.393 e. The average molecular weight is 325 g/mol. The van der Waals surface area contributed by atoms with Gasteiger partial charge in [-0.25, -0.2) is 0 Å². The van der Waals surface area contributed by atoms with Crippen molar-refractivity contribution in [2.75, 3.05) is 0 Å². The van der Waals surface area contributed by atoms with E-state index in [-0.39, 0.29) is 34.6 Å². The second-order valence-electron chi connectivity index (χ2n) is 9.73. The zero-order valence-corrected chi connectivity index (χ0v) is 15.4. The molecule has 134 valence electrons. The van der Waals surface area contributed by atoms with E-state index >= 15 is 0 Å². The number of aliphatic hydroxyl groups is 3. The minimum Gasteiger partial charge on any atom is -0.393 e. The van der Waals surface area contributed by atoms with Crippen molar-refractivity contribution in [3.63, 3.8) is 0 Å². The van der Waals surface area contributed by atoms with E-state index in [0.29, 0.717) is 11.8 Å². The Bertz CT molecular complexity index is 386. The molecule has 3 N–H and O–H groups in total. The third kappa shape index (κ3) is 2.26. The normalized spacial score (nSPS) is 49.4. The van der Waals surface area contributed by atoms with Crippen LogP contribution in [0, 0.1) is 28.1 Å². The predicted molar refractivity (Wildman–Crippen MR) is 91.9 cm³/mol. The summed E-state index contributed by atoms with van der Waals surface area (Å²) in [5.74, 6) is 1.17. The molecule has 0 aromatic carbocycles. The second-order valence-corrected chi connectivity index (χ2v) is 9.73. The van der Waals surface area contributed by atoms with Crippen molar-refractivity contribution in [3.05, 3.63) is 0 Å². The molecule has 0 spiro atoms. The highest BCUT2D eigenvalue weighted by Gasteiger charge is 2.75. The van der Waals surface area contributed by atoms with E-state index in [2.05, 4.69) is 27.7 Å². The van der Waals surface area contributed by atoms with Crippen LogP contribution < -0.4 is 0 Å². The number of hydrogen-bond donors (Lipinski definition) is 3. The van der Waals surface area contributed by atoms with Gasteiger partial charge in [0, 0.05) is 0 Å². The number of rotatable bonds is 2. The first-order chi connectivity index (χ1) is 10.7. The highest BCUT2D eigenvalue weighted by atomic mass is 16.3. The minimum atomic E-state index is -0.270. The summed E-state index contributed by atoms with van der Waals surface area (Å²) in [6.07, 6.45) is 7.43. The van der Waals surface area contributed by atoms with E-state index < -0.39 is 0 Å². The quantitative estimate of drug-likeness (QED) is 0.728. The standard InChI is InChI=1S/C20H36O3/c1-18(2)17(23)19(3,4)20(18,13-5-9-15(21)10-6-13)14-7-11-16(22)12-8-14/h13-17,21-23H,5-12H2,1-4H3. The maximum Gasteiger partial charge on any atom is 0.0653 e. The average Bonchev–Trinajstić information content (AvgIpc) is 2.50. The lowest BCUT2D eigenvalue weighted by Gasteiger charge is -2.77. The maximum atomic E-state index is 10.9. The highest BCUT2D eigenvalue weighted by Crippen LogP contribution is 2.76. The van der Waals surface area contributed by atoms with E-state index in [1.165, 1.54) is 0 Å². The molecule has 0 bridgehead atoms. The van der Waals surface area contributed by atoms with Gasteiger partial charge in [0.2, 0.25) is 0 Å². The second kappa shape index (κ2) is 5.71. The molecule has 0 aromatic heterocycles. The molecule has 3 saturated carbocycles. The zero-order chi connectivity index (χ0) is 17.0. The Morgan fingerprint density at radius 1 is 0.565 bits per heavy atom. The van der Waals surface area contributed by atoms with Gasteiger partial charge in [-0.15, -0.1) is 0 Å². The Hall–Kier alpha value is -0.120. The van der Waals surface area contributed by atoms with Gasteiger partial charge >= 0.3 is 0 Å². The molecule has 0 radical (unpaired) electrons. The van der Waals surface area contributed by atoms with E-state index in [4.69, 9.17) is 0 Å². The summed E-state index contributed by atoms with van der Waals surface area (Å²) in [5, 5.41) is 30.8. The van der Waals surface area contributed by atoms with E-state index in [9.17, 15) is 15.3 Å². The zero-order valence-electron chi connectivity index (χ0n) is 15.4. The summed E-state index contributed by atoms with van der Waals surface area (Å²) in [7, 11) is 0. The molecule has 23 heavy (non-hydrogen) atoms. The Labute approximate surface area is 141 Å². The molecular weight excluding hydrogens is 288 g/mol. The first-order valence-corrected chi connectivity index (χ1v) is 9.70. The SMILES string of the molecule is CC1(C)C(O)C(C)(C)C1(C1CCC(O)CC1)C1CCC(O)CC1. The number of hydrogen-bond acceptors (Lipinski definition) is 3. The highest BCUT2D eigenvalue weighted by molar-refractivity contribution is 5.23. The third-order valence-electron chi connectivity index (χ3n) is 8.18. The molecule has 0 aromatic rings. The van der Waals surface area contributed by atoms with Gasteiger partial charge in [0.1, 0.15) is 0 Å². The monoisotopic (exact) mass is 324 g/mol. The van der Waals surface area contributed by atoms with Crippen LogP contribution in [0.3, 0.4) is 0 Å². The summed E-state index contributed by atoms with van der Waals surface area (Å²) < 4.78 is 0. The van der Waals surface area contributed by atoms with Gasteiger partial charge in [0.05, 0.1) is 18.3 Å². The van der Waals surface area contributed by atoms with Crippen molar-refractivity contribution in [1.82, 2.24) is 0 Å². The van der Waals surface area contributed by atoms with Crippen molar-refractivity contribution in [2.45, 2.75) is 97.4 Å². The fourth-order valence-corrected chi connectivity index (χ4v) is 7.61. The number of aliphatic hydroxyl groups excluding tert-OH is 3. The Balaban J connectivity index is 1.97. The molecule has 3 aliphatic rings. The summed E-state index contributed by atoms with van der Waals surface area (Å²) in [6, 6.07) is 0. The summed E-state index contributed by atoms with van der Waals surface area (Å²) in [4.78, 5) is 0. The van der Waals surface area contributed by atoms with Gasteiger partial charge in [0.25, 0.3) is 0 Å². The van der Waals surface area contributed by atoms with E-state index in [1.54, 1.807) is 0 Å². The van der Waals surface area contributed by atoms with E-state index in [1.807, 2.05) is 0 Å². The van der Waals surface area contributed by atoms with Crippen LogP contribution in [-0.4, -0.2) is 33.6 Å². The molecular formula is C20H36O3. The van der Waals surface area contributed by atoms with Crippen LogP contribution in [0.25, 0.3) is 0 Å². The van der Waals surface area contributed by atoms with Crippen molar-refractivity contribution >= 4 is 0 Å². The summed E-state index contributed by atoms with van der Waals surface area (Å²) in [6.45, 7) is 9.05. The van der Waals surface area contributed by atoms with Crippen molar-refractivity contribution < 1.29 is 15.3 Å². The molecule has 3 rings (SSSR count). The Kier molecular flexibility index (Phi) is 4.39. The van der Waals surface area contributed by atoms with Gasteiger partial charge < -0.3 is 15.3 Å². The summed E-state index contributed by atoms with van der Waals surface area (Å²) in [5.41, 5.74) is -0.0491. The molecule has 0 atom stereocenters. The predicted octanol–water partition coefficient (Wildman–Crippen LogP) is 3.50. The molecule has 0 unspecified atom stereocenters.